The third-order valence-electron chi connectivity index (χ3n) is 4.15. The van der Waals surface area contributed by atoms with E-state index in [-0.39, 0.29) is 30.7 Å². The molecule has 1 saturated heterocycles. The molecule has 1 aromatic heterocycles. The van der Waals surface area contributed by atoms with Crippen LogP contribution in [0.3, 0.4) is 0 Å². The van der Waals surface area contributed by atoms with Crippen LogP contribution in [0.1, 0.15) is 16.8 Å². The number of carbonyl (C=O) groups excluding carboxylic acids is 1. The SMILES string of the molecule is Cl.Cl.NNC(=O)Cc1ccc(CCc2csc(N3CCNCC3)n2)cc1. The number of thiazole rings is 1. The van der Waals surface area contributed by atoms with E-state index in [1.165, 1.54) is 5.56 Å². The number of carbonyl (C=O) groups is 1. The number of hydrogen-bond donors (Lipinski definition) is 3. The van der Waals surface area contributed by atoms with Crippen LogP contribution < -0.4 is 21.5 Å². The maximum absolute atomic E-state index is 11.3. The van der Waals surface area contributed by atoms with Gasteiger partial charge in [-0.15, -0.1) is 36.2 Å². The second kappa shape index (κ2) is 11.4. The topological polar surface area (TPSA) is 83.3 Å². The molecule has 0 atom stereocenters. The average molecular weight is 418 g/mol. The number of hydrogen-bond acceptors (Lipinski definition) is 6. The Kier molecular flexibility index (Phi) is 9.90. The number of hydrazine groups is 1. The van der Waals surface area contributed by atoms with Crippen molar-refractivity contribution in [2.24, 2.45) is 5.84 Å². The number of nitrogens with zero attached hydrogens (tertiary/aromatic N) is 2. The highest BCUT2D eigenvalue weighted by Gasteiger charge is 2.13. The van der Waals surface area contributed by atoms with E-state index in [2.05, 4.69) is 33.2 Å². The number of piperazine rings is 1. The Morgan fingerprint density at radius 2 is 1.81 bits per heavy atom. The van der Waals surface area contributed by atoms with Crippen molar-refractivity contribution in [3.63, 3.8) is 0 Å². The van der Waals surface area contributed by atoms with Crippen LogP contribution in [-0.4, -0.2) is 37.1 Å². The number of amides is 1. The monoisotopic (exact) mass is 417 g/mol. The lowest BCUT2D eigenvalue weighted by atomic mass is 10.0. The second-order valence-electron chi connectivity index (χ2n) is 5.92. The van der Waals surface area contributed by atoms with Gasteiger partial charge in [0.1, 0.15) is 0 Å². The van der Waals surface area contributed by atoms with Crippen molar-refractivity contribution in [1.82, 2.24) is 15.7 Å². The predicted octanol–water partition coefficient (Wildman–Crippen LogP) is 1.71. The molecule has 1 aromatic carbocycles. The van der Waals surface area contributed by atoms with Gasteiger partial charge < -0.3 is 10.2 Å². The van der Waals surface area contributed by atoms with E-state index >= 15 is 0 Å². The number of rotatable bonds is 6. The molecular weight excluding hydrogens is 393 g/mol. The van der Waals surface area contributed by atoms with E-state index in [4.69, 9.17) is 10.8 Å². The van der Waals surface area contributed by atoms with E-state index in [0.29, 0.717) is 6.42 Å². The predicted molar refractivity (Wildman–Crippen MR) is 112 cm³/mol. The molecule has 1 amide bonds. The summed E-state index contributed by atoms with van der Waals surface area (Å²) in [6.45, 7) is 4.13. The molecule has 0 unspecified atom stereocenters. The summed E-state index contributed by atoms with van der Waals surface area (Å²) in [5.74, 6) is 4.93. The highest BCUT2D eigenvalue weighted by molar-refractivity contribution is 7.13. The van der Waals surface area contributed by atoms with Gasteiger partial charge in [0.2, 0.25) is 5.91 Å². The van der Waals surface area contributed by atoms with Crippen molar-refractivity contribution >= 4 is 47.2 Å². The minimum atomic E-state index is -0.175. The zero-order valence-electron chi connectivity index (χ0n) is 14.4. The Balaban J connectivity index is 0.00000169. The van der Waals surface area contributed by atoms with Crippen molar-refractivity contribution < 1.29 is 4.79 Å². The second-order valence-corrected chi connectivity index (χ2v) is 6.76. The van der Waals surface area contributed by atoms with Crippen LogP contribution in [0.25, 0.3) is 0 Å². The third-order valence-corrected chi connectivity index (χ3v) is 5.10. The van der Waals surface area contributed by atoms with Gasteiger partial charge in [0, 0.05) is 31.6 Å². The summed E-state index contributed by atoms with van der Waals surface area (Å²) < 4.78 is 0. The summed E-state index contributed by atoms with van der Waals surface area (Å²) in [6, 6.07) is 8.11. The lowest BCUT2D eigenvalue weighted by Gasteiger charge is -2.26. The number of aryl methyl sites for hydroxylation is 2. The zero-order chi connectivity index (χ0) is 16.8. The highest BCUT2D eigenvalue weighted by atomic mass is 35.5. The quantitative estimate of drug-likeness (QED) is 0.378. The van der Waals surface area contributed by atoms with Crippen LogP contribution in [-0.2, 0) is 24.1 Å². The molecule has 0 saturated carbocycles. The minimum absolute atomic E-state index is 0. The molecule has 9 heteroatoms. The molecular formula is C17H25Cl2N5OS. The Morgan fingerprint density at radius 1 is 1.15 bits per heavy atom. The van der Waals surface area contributed by atoms with Crippen LogP contribution in [0.15, 0.2) is 29.6 Å². The van der Waals surface area contributed by atoms with Gasteiger partial charge in [-0.3, -0.25) is 10.2 Å². The van der Waals surface area contributed by atoms with Gasteiger partial charge in [-0.05, 0) is 24.0 Å². The number of nitrogens with one attached hydrogen (secondary N) is 2. The average Bonchev–Trinajstić information content (AvgIpc) is 3.11. The van der Waals surface area contributed by atoms with Crippen LogP contribution in [0.2, 0.25) is 0 Å². The van der Waals surface area contributed by atoms with Crippen molar-refractivity contribution in [2.45, 2.75) is 19.3 Å². The fourth-order valence-electron chi connectivity index (χ4n) is 2.75. The van der Waals surface area contributed by atoms with Crippen molar-refractivity contribution in [3.8, 4) is 0 Å². The van der Waals surface area contributed by atoms with Crippen LogP contribution in [0.5, 0.6) is 0 Å². The first kappa shape index (κ1) is 22.7. The largest absolute Gasteiger partial charge is 0.346 e. The summed E-state index contributed by atoms with van der Waals surface area (Å²) >= 11 is 1.73. The number of anilines is 1. The third kappa shape index (κ3) is 6.41. The molecule has 0 bridgehead atoms. The Bertz CT molecular complexity index is 674. The number of aromatic nitrogens is 1. The van der Waals surface area contributed by atoms with Gasteiger partial charge in [-0.25, -0.2) is 10.8 Å². The molecule has 144 valence electrons. The van der Waals surface area contributed by atoms with Crippen molar-refractivity contribution in [2.75, 3.05) is 31.1 Å². The minimum Gasteiger partial charge on any atom is -0.346 e. The highest BCUT2D eigenvalue weighted by Crippen LogP contribution is 2.21. The summed E-state index contributed by atoms with van der Waals surface area (Å²) in [6.07, 6.45) is 2.20. The maximum Gasteiger partial charge on any atom is 0.238 e. The van der Waals surface area contributed by atoms with E-state index < -0.39 is 0 Å². The molecule has 1 aliphatic heterocycles. The molecule has 1 fully saturated rings. The zero-order valence-corrected chi connectivity index (χ0v) is 16.9. The fraction of sp³-hybridized carbons (Fsp3) is 0.412. The molecule has 0 spiro atoms. The van der Waals surface area contributed by atoms with E-state index in [1.54, 1.807) is 11.3 Å². The number of benzene rings is 1. The van der Waals surface area contributed by atoms with Crippen LogP contribution in [0.4, 0.5) is 5.13 Å². The van der Waals surface area contributed by atoms with Gasteiger partial charge >= 0.3 is 0 Å². The summed E-state index contributed by atoms with van der Waals surface area (Å²) in [5, 5.41) is 6.66. The normalized spacial score (nSPS) is 13.5. The molecule has 1 aliphatic rings. The molecule has 26 heavy (non-hydrogen) atoms. The van der Waals surface area contributed by atoms with E-state index in [1.807, 2.05) is 12.1 Å². The standard InChI is InChI=1S/C17H23N5OS.2ClH/c18-21-16(23)11-14-3-1-13(2-4-14)5-6-15-12-24-17(20-15)22-9-7-19-8-10-22;;/h1-4,12,19H,5-11,18H2,(H,21,23);2*1H. The molecule has 3 rings (SSSR count). The van der Waals surface area contributed by atoms with E-state index in [9.17, 15) is 4.79 Å². The fourth-order valence-corrected chi connectivity index (χ4v) is 3.66. The molecule has 6 nitrogen and oxygen atoms in total. The first-order valence-corrected chi connectivity index (χ1v) is 9.10. The molecule has 2 aromatic rings. The lowest BCUT2D eigenvalue weighted by molar-refractivity contribution is -0.120. The van der Waals surface area contributed by atoms with Gasteiger partial charge in [0.05, 0.1) is 12.1 Å². The Hall–Kier alpha value is -1.38. The van der Waals surface area contributed by atoms with Gasteiger partial charge in [0.25, 0.3) is 0 Å². The van der Waals surface area contributed by atoms with E-state index in [0.717, 1.165) is 55.4 Å². The van der Waals surface area contributed by atoms with Crippen LogP contribution in [0, 0.1) is 0 Å². The first-order chi connectivity index (χ1) is 11.7. The van der Waals surface area contributed by atoms with Gasteiger partial charge in [-0.1, -0.05) is 24.3 Å². The first-order valence-electron chi connectivity index (χ1n) is 8.22. The van der Waals surface area contributed by atoms with Crippen molar-refractivity contribution in [1.29, 1.82) is 0 Å². The van der Waals surface area contributed by atoms with Crippen molar-refractivity contribution in [3.05, 3.63) is 46.5 Å². The number of halogens is 2. The van der Waals surface area contributed by atoms with Gasteiger partial charge in [0.15, 0.2) is 5.13 Å². The smallest absolute Gasteiger partial charge is 0.238 e. The summed E-state index contributed by atoms with van der Waals surface area (Å²) in [4.78, 5) is 18.4. The molecule has 0 aliphatic carbocycles. The number of nitrogens with two attached hydrogens (primary N) is 1. The maximum atomic E-state index is 11.3. The summed E-state index contributed by atoms with van der Waals surface area (Å²) in [5.41, 5.74) is 5.53. The van der Waals surface area contributed by atoms with Gasteiger partial charge in [-0.2, -0.15) is 0 Å². The Labute approximate surface area is 170 Å². The lowest BCUT2D eigenvalue weighted by Crippen LogP contribution is -2.43. The summed E-state index contributed by atoms with van der Waals surface area (Å²) in [7, 11) is 0. The van der Waals surface area contributed by atoms with Crippen LogP contribution >= 0.6 is 36.2 Å². The Morgan fingerprint density at radius 3 is 2.46 bits per heavy atom. The molecule has 2 heterocycles. The molecule has 4 N–H and O–H groups in total. The molecule has 0 radical (unpaired) electrons.